The normalized spacial score (nSPS) is 10.2. The second-order valence-corrected chi connectivity index (χ2v) is 5.88. The number of amides is 1. The SMILES string of the molecule is O=C(NNc1c(Cl)cc(Cl)cc1Cl)c1cncc(Br)c1. The van der Waals surface area contributed by atoms with Gasteiger partial charge in [-0.05, 0) is 34.1 Å². The van der Waals surface area contributed by atoms with Crippen molar-refractivity contribution >= 4 is 62.3 Å². The van der Waals surface area contributed by atoms with E-state index in [9.17, 15) is 4.79 Å². The number of carbonyl (C=O) groups is 1. The van der Waals surface area contributed by atoms with E-state index >= 15 is 0 Å². The average molecular weight is 395 g/mol. The number of halogens is 4. The summed E-state index contributed by atoms with van der Waals surface area (Å²) >= 11 is 21.0. The zero-order valence-corrected chi connectivity index (χ0v) is 13.6. The number of pyridine rings is 1. The Hall–Kier alpha value is -1.01. The predicted molar refractivity (Wildman–Crippen MR) is 84.5 cm³/mol. The topological polar surface area (TPSA) is 54.0 Å². The number of benzene rings is 1. The molecule has 2 N–H and O–H groups in total. The lowest BCUT2D eigenvalue weighted by molar-refractivity contribution is 0.0962. The number of nitrogens with zero attached hydrogens (tertiary/aromatic N) is 1. The first kappa shape index (κ1) is 15.4. The van der Waals surface area contributed by atoms with Crippen LogP contribution in [-0.2, 0) is 0 Å². The van der Waals surface area contributed by atoms with E-state index in [0.29, 0.717) is 30.8 Å². The maximum atomic E-state index is 11.9. The van der Waals surface area contributed by atoms with Gasteiger partial charge in [-0.25, -0.2) is 0 Å². The maximum Gasteiger partial charge on any atom is 0.271 e. The Bertz CT molecular complexity index is 643. The molecule has 0 aliphatic heterocycles. The van der Waals surface area contributed by atoms with Crippen molar-refractivity contribution < 1.29 is 4.79 Å². The molecule has 4 nitrogen and oxygen atoms in total. The number of hydrogen-bond acceptors (Lipinski definition) is 3. The Morgan fingerprint density at radius 1 is 1.10 bits per heavy atom. The molecule has 1 amide bonds. The summed E-state index contributed by atoms with van der Waals surface area (Å²) in [6, 6.07) is 4.67. The van der Waals surface area contributed by atoms with E-state index in [4.69, 9.17) is 34.8 Å². The van der Waals surface area contributed by atoms with E-state index in [0.717, 1.165) is 0 Å². The Morgan fingerprint density at radius 3 is 2.35 bits per heavy atom. The third-order valence-electron chi connectivity index (χ3n) is 2.27. The molecule has 0 radical (unpaired) electrons. The fraction of sp³-hybridized carbons (Fsp3) is 0. The first-order valence-electron chi connectivity index (χ1n) is 5.29. The summed E-state index contributed by atoms with van der Waals surface area (Å²) in [5, 5.41) is 1.01. The lowest BCUT2D eigenvalue weighted by Gasteiger charge is -2.12. The van der Waals surface area contributed by atoms with Gasteiger partial charge >= 0.3 is 0 Å². The van der Waals surface area contributed by atoms with Crippen molar-refractivity contribution in [3.05, 3.63) is 55.7 Å². The quantitative estimate of drug-likeness (QED) is 0.749. The van der Waals surface area contributed by atoms with Crippen LogP contribution >= 0.6 is 50.7 Å². The van der Waals surface area contributed by atoms with Crippen LogP contribution in [0.2, 0.25) is 15.1 Å². The van der Waals surface area contributed by atoms with E-state index in [2.05, 4.69) is 31.8 Å². The molecule has 104 valence electrons. The maximum absolute atomic E-state index is 11.9. The molecule has 0 saturated heterocycles. The molecule has 1 aromatic carbocycles. The van der Waals surface area contributed by atoms with Crippen molar-refractivity contribution in [2.75, 3.05) is 5.43 Å². The third kappa shape index (κ3) is 3.76. The number of hydrogen-bond donors (Lipinski definition) is 2. The summed E-state index contributed by atoms with van der Waals surface area (Å²) in [7, 11) is 0. The summed E-state index contributed by atoms with van der Waals surface area (Å²) in [5.74, 6) is -0.374. The van der Waals surface area contributed by atoms with Crippen LogP contribution in [0.1, 0.15) is 10.4 Å². The van der Waals surface area contributed by atoms with Crippen LogP contribution in [0.25, 0.3) is 0 Å². The molecule has 8 heteroatoms. The molecular formula is C12H7BrCl3N3O. The molecule has 0 atom stereocenters. The van der Waals surface area contributed by atoms with Gasteiger partial charge in [0.25, 0.3) is 5.91 Å². The first-order chi connectivity index (χ1) is 9.47. The van der Waals surface area contributed by atoms with Crippen LogP contribution < -0.4 is 10.9 Å². The largest absolute Gasteiger partial charge is 0.295 e. The van der Waals surface area contributed by atoms with Gasteiger partial charge in [0.2, 0.25) is 0 Å². The number of anilines is 1. The summed E-state index contributed by atoms with van der Waals surface area (Å²) in [6.45, 7) is 0. The molecule has 0 saturated carbocycles. The van der Waals surface area contributed by atoms with E-state index in [1.165, 1.54) is 18.3 Å². The second-order valence-electron chi connectivity index (χ2n) is 3.72. The van der Waals surface area contributed by atoms with Gasteiger partial charge in [-0.15, -0.1) is 0 Å². The van der Waals surface area contributed by atoms with Crippen LogP contribution in [0.3, 0.4) is 0 Å². The van der Waals surface area contributed by atoms with Crippen LogP contribution in [-0.4, -0.2) is 10.9 Å². The van der Waals surface area contributed by atoms with Gasteiger partial charge < -0.3 is 0 Å². The average Bonchev–Trinajstić information content (AvgIpc) is 2.37. The van der Waals surface area contributed by atoms with Gasteiger partial charge in [0.15, 0.2) is 0 Å². The molecule has 2 aromatic rings. The Kier molecular flexibility index (Phi) is 5.10. The van der Waals surface area contributed by atoms with Crippen LogP contribution in [0, 0.1) is 0 Å². The highest BCUT2D eigenvalue weighted by Crippen LogP contribution is 2.33. The van der Waals surface area contributed by atoms with Crippen LogP contribution in [0.5, 0.6) is 0 Å². The lowest BCUT2D eigenvalue weighted by atomic mass is 10.3. The zero-order chi connectivity index (χ0) is 14.7. The van der Waals surface area contributed by atoms with E-state index in [1.54, 1.807) is 12.3 Å². The summed E-state index contributed by atoms with van der Waals surface area (Å²) in [4.78, 5) is 15.8. The highest BCUT2D eigenvalue weighted by molar-refractivity contribution is 9.10. The Balaban J connectivity index is 2.11. The number of hydrazine groups is 1. The number of aromatic nitrogens is 1. The van der Waals surface area contributed by atoms with E-state index in [-0.39, 0.29) is 5.91 Å². The van der Waals surface area contributed by atoms with Crippen LogP contribution in [0.15, 0.2) is 35.1 Å². The fourth-order valence-electron chi connectivity index (χ4n) is 1.39. The summed E-state index contributed by atoms with van der Waals surface area (Å²) in [6.07, 6.45) is 3.02. The van der Waals surface area contributed by atoms with Gasteiger partial charge in [-0.2, -0.15) is 0 Å². The first-order valence-corrected chi connectivity index (χ1v) is 7.21. The molecule has 0 unspecified atom stereocenters. The smallest absolute Gasteiger partial charge is 0.271 e. The van der Waals surface area contributed by atoms with Crippen LogP contribution in [0.4, 0.5) is 5.69 Å². The molecule has 2 rings (SSSR count). The van der Waals surface area contributed by atoms with Crippen molar-refractivity contribution in [3.63, 3.8) is 0 Å². The monoisotopic (exact) mass is 393 g/mol. The number of rotatable bonds is 3. The predicted octanol–water partition coefficient (Wildman–Crippen LogP) is 4.56. The molecule has 1 aromatic heterocycles. The van der Waals surface area contributed by atoms with Crippen molar-refractivity contribution in [1.29, 1.82) is 0 Å². The number of nitrogens with one attached hydrogen (secondary N) is 2. The molecule has 0 bridgehead atoms. The highest BCUT2D eigenvalue weighted by atomic mass is 79.9. The molecule has 0 spiro atoms. The second kappa shape index (κ2) is 6.63. The van der Waals surface area contributed by atoms with Crippen molar-refractivity contribution in [1.82, 2.24) is 10.4 Å². The standard InChI is InChI=1S/C12H7BrCl3N3O/c13-7-1-6(4-17-5-7)12(20)19-18-11-9(15)2-8(14)3-10(11)16/h1-5,18H,(H,19,20). The molecule has 0 aliphatic carbocycles. The molecular weight excluding hydrogens is 388 g/mol. The lowest BCUT2D eigenvalue weighted by Crippen LogP contribution is -2.29. The van der Waals surface area contributed by atoms with Gasteiger partial charge in [0, 0.05) is 21.9 Å². The summed E-state index contributed by atoms with van der Waals surface area (Å²) in [5.41, 5.74) is 5.89. The summed E-state index contributed by atoms with van der Waals surface area (Å²) < 4.78 is 0.702. The minimum absolute atomic E-state index is 0.301. The Morgan fingerprint density at radius 2 is 1.75 bits per heavy atom. The van der Waals surface area contributed by atoms with E-state index < -0.39 is 0 Å². The zero-order valence-electron chi connectivity index (χ0n) is 9.75. The van der Waals surface area contributed by atoms with Gasteiger partial charge in [-0.3, -0.25) is 20.6 Å². The third-order valence-corrected chi connectivity index (χ3v) is 3.52. The number of carbonyl (C=O) groups excluding carboxylic acids is 1. The molecule has 1 heterocycles. The highest BCUT2D eigenvalue weighted by Gasteiger charge is 2.10. The van der Waals surface area contributed by atoms with Gasteiger partial charge in [0.05, 0.1) is 21.3 Å². The van der Waals surface area contributed by atoms with Crippen molar-refractivity contribution in [2.24, 2.45) is 0 Å². The fourth-order valence-corrected chi connectivity index (χ4v) is 2.67. The Labute approximate surface area is 138 Å². The molecule has 0 aliphatic rings. The molecule has 0 fully saturated rings. The minimum Gasteiger partial charge on any atom is -0.295 e. The van der Waals surface area contributed by atoms with Gasteiger partial charge in [0.1, 0.15) is 0 Å². The minimum atomic E-state index is -0.374. The van der Waals surface area contributed by atoms with Crippen molar-refractivity contribution in [2.45, 2.75) is 0 Å². The van der Waals surface area contributed by atoms with Crippen molar-refractivity contribution in [3.8, 4) is 0 Å². The van der Waals surface area contributed by atoms with E-state index in [1.807, 2.05) is 0 Å². The van der Waals surface area contributed by atoms with Gasteiger partial charge in [-0.1, -0.05) is 34.8 Å². The molecule has 20 heavy (non-hydrogen) atoms.